The summed E-state index contributed by atoms with van der Waals surface area (Å²) in [6.07, 6.45) is 7.96. The molecule has 372 valence electrons. The van der Waals surface area contributed by atoms with Gasteiger partial charge in [0.15, 0.2) is 0 Å². The minimum atomic E-state index is -0.648. The predicted octanol–water partition coefficient (Wildman–Crippen LogP) is 17.8. The van der Waals surface area contributed by atoms with Crippen LogP contribution in [0.25, 0.3) is 83.4 Å². The molecule has 0 unspecified atom stereocenters. The monoisotopic (exact) mass is 992 g/mol. The van der Waals surface area contributed by atoms with Crippen molar-refractivity contribution in [3.05, 3.63) is 223 Å². The molecule has 0 aliphatic heterocycles. The Balaban J connectivity index is 1.09. The van der Waals surface area contributed by atoms with Gasteiger partial charge in [0, 0.05) is 23.0 Å². The minimum Gasteiger partial charge on any atom is -0.458 e. The van der Waals surface area contributed by atoms with E-state index < -0.39 is 59.9 Å². The first-order valence-corrected chi connectivity index (χ1v) is 25.8. The summed E-state index contributed by atoms with van der Waals surface area (Å²) < 4.78 is 130. The third kappa shape index (κ3) is 8.82. The first kappa shape index (κ1) is 35.2. The quantitative estimate of drug-likeness (QED) is 0.101. The molecule has 8 aromatic carbocycles. The maximum Gasteiger partial charge on any atom is 0.269 e. The molecule has 0 radical (unpaired) electrons. The van der Waals surface area contributed by atoms with Crippen molar-refractivity contribution < 1.29 is 27.1 Å². The van der Waals surface area contributed by atoms with E-state index in [4.69, 9.17) is 22.1 Å². The zero-order chi connectivity index (χ0) is 63.1. The number of pyridine rings is 1. The Kier molecular flexibility index (Phi) is 8.65. The molecule has 0 atom stereocenters. The van der Waals surface area contributed by atoms with Gasteiger partial charge in [0.2, 0.25) is 0 Å². The lowest BCUT2D eigenvalue weighted by atomic mass is 9.63. The van der Waals surface area contributed by atoms with Gasteiger partial charge in [0.1, 0.15) is 17.3 Å². The van der Waals surface area contributed by atoms with Crippen molar-refractivity contribution in [2.45, 2.75) is 97.8 Å². The van der Waals surface area contributed by atoms with Crippen molar-refractivity contribution in [2.75, 3.05) is 0 Å². The first-order valence-electron chi connectivity index (χ1n) is 32.3. The van der Waals surface area contributed by atoms with E-state index in [2.05, 4.69) is 92.9 Å². The second-order valence-electron chi connectivity index (χ2n) is 22.7. The van der Waals surface area contributed by atoms with Crippen LogP contribution in [-0.4, -0.2) is 14.1 Å². The van der Waals surface area contributed by atoms with E-state index in [9.17, 15) is 5.48 Å². The zero-order valence-corrected chi connectivity index (χ0v) is 43.9. The van der Waals surface area contributed by atoms with E-state index >= 15 is 0 Å². The highest BCUT2D eigenvalue weighted by atomic mass is 16.5. The molecule has 3 heterocycles. The molecule has 1 aliphatic rings. The smallest absolute Gasteiger partial charge is 0.269 e. The highest BCUT2D eigenvalue weighted by Crippen LogP contribution is 2.48. The molecule has 0 spiro atoms. The molecule has 0 saturated carbocycles. The number of imidazole rings is 1. The van der Waals surface area contributed by atoms with Gasteiger partial charge in [0.25, 0.3) is 6.33 Å². The van der Waals surface area contributed by atoms with Crippen molar-refractivity contribution >= 4 is 32.8 Å². The SMILES string of the molecule is [2H]c1c([2H])c([2H])c(-c2c([2H])c([2H])c([2H])c(-c3cc(CC(C)C)cc(-c4ccc5c(c4)C(C)(C)CCC5(C)C)c3-[n+]3[c-]n(-c4cccc(Oc5ccc6c7c([2H])c([2H])c([2H])c([2H])c7n(-c7cc(C(C)(C)C)ccn7)c6c5)c4)c4ccccc43)c2[2H])c([2H])c1[2H]. The topological polar surface area (TPSA) is 35.9 Å². The Morgan fingerprint density at radius 3 is 2.16 bits per heavy atom. The first-order chi connectivity index (χ1) is 41.5. The van der Waals surface area contributed by atoms with E-state index in [1.807, 2.05) is 88.0 Å². The number of aromatic nitrogens is 4. The molecule has 0 N–H and O–H groups in total. The van der Waals surface area contributed by atoms with Crippen LogP contribution in [0.5, 0.6) is 11.5 Å². The fraction of sp³-hybridized carbons (Fsp3) is 0.229. The van der Waals surface area contributed by atoms with Gasteiger partial charge in [-0.25, -0.2) is 4.98 Å². The number of benzene rings is 8. The van der Waals surface area contributed by atoms with Crippen LogP contribution in [-0.2, 0) is 22.7 Å². The molecule has 1 aliphatic carbocycles. The standard InChI is InChI=1S/C70H66N4O/c1-46(2)37-47-38-58(50-22-17-21-49(40-50)48-19-11-10-12-20-48)67(59(39-47)51-29-32-60-61(41-51)70(8,9)35-34-69(60,6)7)73-45-72(63-27-15-16-28-64(63)73)53-23-18-24-54(43-53)75-55-30-31-57-56-25-13-14-26-62(56)74(65(57)44-55)66-42-52(33-36-71-66)68(3,4)5/h10-33,36,38-44,46H,34-35,37H2,1-9H3/i10D,11D,12D,13D,14D,17D,19D,20D,21D,22D,25D,26D,40D. The van der Waals surface area contributed by atoms with Crippen molar-refractivity contribution in [1.82, 2.24) is 14.1 Å². The highest BCUT2D eigenvalue weighted by molar-refractivity contribution is 6.09. The van der Waals surface area contributed by atoms with Gasteiger partial charge in [-0.2, -0.15) is 0 Å². The van der Waals surface area contributed by atoms with Crippen molar-refractivity contribution in [2.24, 2.45) is 5.92 Å². The maximum atomic E-state index is 10.1. The van der Waals surface area contributed by atoms with Gasteiger partial charge in [-0.05, 0) is 152 Å². The number of ether oxygens (including phenoxy) is 1. The van der Waals surface area contributed by atoms with Crippen LogP contribution in [0.1, 0.15) is 115 Å². The van der Waals surface area contributed by atoms with Gasteiger partial charge in [0.05, 0.1) is 51.3 Å². The van der Waals surface area contributed by atoms with Crippen LogP contribution in [0.15, 0.2) is 194 Å². The average Bonchev–Trinajstić information content (AvgIpc) is 1.32. The van der Waals surface area contributed by atoms with Gasteiger partial charge in [-0.15, -0.1) is 0 Å². The van der Waals surface area contributed by atoms with Crippen molar-refractivity contribution in [1.29, 1.82) is 0 Å². The average molecular weight is 992 g/mol. The Bertz CT molecular complexity index is 4730. The molecule has 5 nitrogen and oxygen atoms in total. The zero-order valence-electron chi connectivity index (χ0n) is 56.9. The number of nitrogens with zero attached hydrogens (tertiary/aromatic N) is 4. The summed E-state index contributed by atoms with van der Waals surface area (Å²) in [6, 6.07) is 29.0. The van der Waals surface area contributed by atoms with E-state index in [0.29, 0.717) is 73.5 Å². The van der Waals surface area contributed by atoms with E-state index in [1.54, 1.807) is 16.8 Å². The molecule has 0 bridgehead atoms. The third-order valence-electron chi connectivity index (χ3n) is 14.9. The van der Waals surface area contributed by atoms with E-state index in [1.165, 1.54) is 11.1 Å². The van der Waals surface area contributed by atoms with E-state index in [0.717, 1.165) is 35.1 Å². The van der Waals surface area contributed by atoms with Crippen LogP contribution < -0.4 is 9.30 Å². The normalized spacial score (nSPS) is 16.6. The van der Waals surface area contributed by atoms with Crippen molar-refractivity contribution in [3.63, 3.8) is 0 Å². The van der Waals surface area contributed by atoms with Gasteiger partial charge < -0.3 is 4.74 Å². The summed E-state index contributed by atoms with van der Waals surface area (Å²) in [5.41, 5.74) is 8.32. The Morgan fingerprint density at radius 2 is 1.36 bits per heavy atom. The van der Waals surface area contributed by atoms with Gasteiger partial charge in [-0.3, -0.25) is 13.7 Å². The minimum absolute atomic E-state index is 0.0518. The second kappa shape index (κ2) is 18.4. The summed E-state index contributed by atoms with van der Waals surface area (Å²) in [6.45, 7) is 19.6. The van der Waals surface area contributed by atoms with Gasteiger partial charge in [-0.1, -0.05) is 189 Å². The summed E-state index contributed by atoms with van der Waals surface area (Å²) in [5, 5.41) is 0.958. The van der Waals surface area contributed by atoms with Crippen LogP contribution in [0.3, 0.4) is 0 Å². The molecule has 0 amide bonds. The molecule has 5 heteroatoms. The number of fused-ring (bicyclic) bond motifs is 5. The molecule has 0 fully saturated rings. The maximum absolute atomic E-state index is 10.1. The lowest BCUT2D eigenvalue weighted by Crippen LogP contribution is -2.34. The van der Waals surface area contributed by atoms with Crippen LogP contribution in [0.2, 0.25) is 0 Å². The Morgan fingerprint density at radius 1 is 0.640 bits per heavy atom. The highest BCUT2D eigenvalue weighted by Gasteiger charge is 2.37. The number of hydrogen-bond acceptors (Lipinski definition) is 2. The lowest BCUT2D eigenvalue weighted by Gasteiger charge is -2.42. The van der Waals surface area contributed by atoms with Crippen LogP contribution in [0, 0.1) is 12.2 Å². The fourth-order valence-electron chi connectivity index (χ4n) is 10.9. The number of para-hydroxylation sites is 3. The molecular formula is C70H66N4O. The Hall–Kier alpha value is -8.02. The van der Waals surface area contributed by atoms with Gasteiger partial charge >= 0.3 is 0 Å². The largest absolute Gasteiger partial charge is 0.458 e. The van der Waals surface area contributed by atoms with Crippen LogP contribution in [0.4, 0.5) is 0 Å². The van der Waals surface area contributed by atoms with Crippen molar-refractivity contribution in [3.8, 4) is 62.1 Å². The summed E-state index contributed by atoms with van der Waals surface area (Å²) in [4.78, 5) is 4.76. The number of hydrogen-bond donors (Lipinski definition) is 0. The molecule has 75 heavy (non-hydrogen) atoms. The lowest BCUT2D eigenvalue weighted by molar-refractivity contribution is -0.571. The predicted molar refractivity (Wildman–Crippen MR) is 311 cm³/mol. The molecular weight excluding hydrogens is 913 g/mol. The summed E-state index contributed by atoms with van der Waals surface area (Å²) in [7, 11) is 0. The molecule has 11 aromatic rings. The second-order valence-corrected chi connectivity index (χ2v) is 22.7. The summed E-state index contributed by atoms with van der Waals surface area (Å²) in [5.74, 6) is 1.51. The number of rotatable bonds is 10. The Labute approximate surface area is 461 Å². The molecule has 12 rings (SSSR count). The molecule has 0 saturated heterocycles. The summed E-state index contributed by atoms with van der Waals surface area (Å²) >= 11 is 0. The van der Waals surface area contributed by atoms with E-state index in [-0.39, 0.29) is 57.5 Å². The van der Waals surface area contributed by atoms with Crippen LogP contribution >= 0.6 is 0 Å². The fourth-order valence-corrected chi connectivity index (χ4v) is 10.9. The third-order valence-corrected chi connectivity index (χ3v) is 14.9. The molecule has 3 aromatic heterocycles.